The number of nitrogens with one attached hydrogen (secondary N) is 3. The van der Waals surface area contributed by atoms with Crippen LogP contribution in [0.2, 0.25) is 0 Å². The average molecular weight is 444 g/mol. The molecule has 0 saturated carbocycles. The van der Waals surface area contributed by atoms with Gasteiger partial charge >= 0.3 is 0 Å². The van der Waals surface area contributed by atoms with E-state index < -0.39 is 5.82 Å². The Morgan fingerprint density at radius 1 is 1.12 bits per heavy atom. The van der Waals surface area contributed by atoms with Crippen molar-refractivity contribution in [2.24, 2.45) is 0 Å². The molecule has 4 aromatic rings. The fraction of sp³-hybridized carbons (Fsp3) is 0.0833. The van der Waals surface area contributed by atoms with E-state index in [1.807, 2.05) is 0 Å². The lowest BCUT2D eigenvalue weighted by atomic mass is 10.1. The van der Waals surface area contributed by atoms with Gasteiger partial charge in [-0.2, -0.15) is 0 Å². The molecule has 3 N–H and O–H groups in total. The first-order valence-electron chi connectivity index (χ1n) is 10.0. The van der Waals surface area contributed by atoms with Crippen molar-refractivity contribution >= 4 is 40.0 Å². The lowest BCUT2D eigenvalue weighted by Gasteiger charge is -2.09. The summed E-state index contributed by atoms with van der Waals surface area (Å²) in [5.74, 6) is -0.877. The molecule has 2 amide bonds. The second kappa shape index (κ2) is 8.91. The van der Waals surface area contributed by atoms with E-state index in [-0.39, 0.29) is 23.5 Å². The van der Waals surface area contributed by atoms with Crippen molar-refractivity contribution in [1.29, 1.82) is 0 Å². The van der Waals surface area contributed by atoms with Gasteiger partial charge < -0.3 is 20.5 Å². The minimum atomic E-state index is -0.581. The average Bonchev–Trinajstić information content (AvgIpc) is 3.23. The zero-order valence-electron chi connectivity index (χ0n) is 18.0. The van der Waals surface area contributed by atoms with Gasteiger partial charge in [0, 0.05) is 41.9 Å². The van der Waals surface area contributed by atoms with Crippen molar-refractivity contribution < 1.29 is 14.0 Å². The van der Waals surface area contributed by atoms with Gasteiger partial charge in [0.15, 0.2) is 5.82 Å². The molecule has 2 aromatic heterocycles. The summed E-state index contributed by atoms with van der Waals surface area (Å²) >= 11 is 0. The Hall–Kier alpha value is -4.53. The molecule has 2 heterocycles. The number of fused-ring (bicyclic) bond motifs is 1. The van der Waals surface area contributed by atoms with Crippen molar-refractivity contribution in [2.75, 3.05) is 24.7 Å². The van der Waals surface area contributed by atoms with Gasteiger partial charge in [-0.25, -0.2) is 14.4 Å². The van der Waals surface area contributed by atoms with E-state index >= 15 is 0 Å². The summed E-state index contributed by atoms with van der Waals surface area (Å²) in [4.78, 5) is 36.6. The Bertz CT molecular complexity index is 1380. The summed E-state index contributed by atoms with van der Waals surface area (Å²) < 4.78 is 14.6. The van der Waals surface area contributed by atoms with Gasteiger partial charge in [0.2, 0.25) is 11.9 Å². The molecule has 0 radical (unpaired) electrons. The molecule has 0 fully saturated rings. The van der Waals surface area contributed by atoms with E-state index in [1.54, 1.807) is 62.6 Å². The number of carbonyl (C=O) groups excluding carboxylic acids is 2. The lowest BCUT2D eigenvalue weighted by Crippen LogP contribution is -2.21. The summed E-state index contributed by atoms with van der Waals surface area (Å²) in [6, 6.07) is 14.0. The van der Waals surface area contributed by atoms with E-state index in [2.05, 4.69) is 32.2 Å². The number of carbonyl (C=O) groups is 2. The second-order valence-electron chi connectivity index (χ2n) is 7.47. The predicted molar refractivity (Wildman–Crippen MR) is 126 cm³/mol. The van der Waals surface area contributed by atoms with Crippen LogP contribution in [0.25, 0.3) is 22.2 Å². The fourth-order valence-electron chi connectivity index (χ4n) is 3.26. The molecule has 0 saturated heterocycles. The molecular formula is C24H21FN6O2. The zero-order chi connectivity index (χ0) is 23.5. The first-order chi connectivity index (χ1) is 15.8. The second-order valence-corrected chi connectivity index (χ2v) is 7.47. The molecule has 0 aliphatic rings. The molecule has 4 rings (SSSR count). The van der Waals surface area contributed by atoms with Crippen LogP contribution in [-0.2, 0) is 4.79 Å². The summed E-state index contributed by atoms with van der Waals surface area (Å²) in [6.07, 6.45) is 2.27. The molecule has 9 heteroatoms. The smallest absolute Gasteiger partial charge is 0.269 e. The van der Waals surface area contributed by atoms with Crippen LogP contribution in [0.3, 0.4) is 0 Å². The SMILES string of the molecule is C=CC(=O)Nc1cccc(Nc2ncc(F)c(-c3ccc4cc(C(=O)N(C)C)[nH]c4c3)n2)c1. The maximum absolute atomic E-state index is 14.6. The molecule has 0 atom stereocenters. The molecule has 2 aromatic carbocycles. The van der Waals surface area contributed by atoms with Gasteiger partial charge in [-0.3, -0.25) is 9.59 Å². The van der Waals surface area contributed by atoms with Crippen LogP contribution in [0.4, 0.5) is 21.7 Å². The summed E-state index contributed by atoms with van der Waals surface area (Å²) in [5, 5.41) is 6.52. The lowest BCUT2D eigenvalue weighted by molar-refractivity contribution is -0.111. The molecule has 0 aliphatic heterocycles. The number of nitrogens with zero attached hydrogens (tertiary/aromatic N) is 3. The van der Waals surface area contributed by atoms with Gasteiger partial charge in [-0.15, -0.1) is 0 Å². The third kappa shape index (κ3) is 4.72. The largest absolute Gasteiger partial charge is 0.351 e. The predicted octanol–water partition coefficient (Wildman–Crippen LogP) is 4.33. The van der Waals surface area contributed by atoms with Gasteiger partial charge in [0.25, 0.3) is 5.91 Å². The highest BCUT2D eigenvalue weighted by Gasteiger charge is 2.14. The Labute approximate surface area is 189 Å². The number of aromatic amines is 1. The highest BCUT2D eigenvalue weighted by atomic mass is 19.1. The highest BCUT2D eigenvalue weighted by Crippen LogP contribution is 2.27. The first-order valence-corrected chi connectivity index (χ1v) is 10.0. The van der Waals surface area contributed by atoms with Gasteiger partial charge in [-0.05, 0) is 36.4 Å². The van der Waals surface area contributed by atoms with Crippen LogP contribution < -0.4 is 10.6 Å². The number of aromatic nitrogens is 3. The third-order valence-corrected chi connectivity index (χ3v) is 4.85. The Kier molecular flexibility index (Phi) is 5.86. The quantitative estimate of drug-likeness (QED) is 0.384. The third-order valence-electron chi connectivity index (χ3n) is 4.85. The maximum atomic E-state index is 14.6. The van der Waals surface area contributed by atoms with E-state index in [9.17, 15) is 14.0 Å². The summed E-state index contributed by atoms with van der Waals surface area (Å²) in [6.45, 7) is 3.43. The highest BCUT2D eigenvalue weighted by molar-refractivity contribution is 5.99. The molecule has 0 bridgehead atoms. The molecule has 0 spiro atoms. The Balaban J connectivity index is 1.63. The molecule has 0 aliphatic carbocycles. The van der Waals surface area contributed by atoms with E-state index in [4.69, 9.17) is 0 Å². The van der Waals surface area contributed by atoms with E-state index in [0.29, 0.717) is 28.1 Å². The molecular weight excluding hydrogens is 423 g/mol. The molecule has 8 nitrogen and oxygen atoms in total. The van der Waals surface area contributed by atoms with Crippen molar-refractivity contribution in [2.45, 2.75) is 0 Å². The van der Waals surface area contributed by atoms with Gasteiger partial charge in [0.05, 0.1) is 6.20 Å². The van der Waals surface area contributed by atoms with Gasteiger partial charge in [-0.1, -0.05) is 24.8 Å². The van der Waals surface area contributed by atoms with Crippen molar-refractivity contribution in [3.8, 4) is 11.3 Å². The standard InChI is InChI=1S/C24H21FN6O2/c1-4-21(32)27-16-6-5-7-17(12-16)28-24-26-13-18(25)22(30-24)15-9-8-14-10-20(23(33)31(2)3)29-19(14)11-15/h4-13,29H,1H2,2-3H3,(H,27,32)(H,26,28,30). The van der Waals surface area contributed by atoms with Crippen LogP contribution in [0, 0.1) is 5.82 Å². The van der Waals surface area contributed by atoms with Crippen LogP contribution >= 0.6 is 0 Å². The number of H-pyrrole nitrogens is 1. The Morgan fingerprint density at radius 3 is 2.67 bits per heavy atom. The van der Waals surface area contributed by atoms with Crippen LogP contribution in [-0.4, -0.2) is 45.8 Å². The first kappa shape index (κ1) is 21.7. The van der Waals surface area contributed by atoms with Gasteiger partial charge in [0.1, 0.15) is 11.4 Å². The number of anilines is 3. The minimum Gasteiger partial charge on any atom is -0.351 e. The molecule has 166 valence electrons. The Morgan fingerprint density at radius 2 is 1.91 bits per heavy atom. The normalized spacial score (nSPS) is 10.6. The zero-order valence-corrected chi connectivity index (χ0v) is 18.0. The topological polar surface area (TPSA) is 103 Å². The number of amides is 2. The van der Waals surface area contributed by atoms with E-state index in [1.165, 1.54) is 11.0 Å². The number of hydrogen-bond acceptors (Lipinski definition) is 5. The van der Waals surface area contributed by atoms with Crippen molar-refractivity contribution in [1.82, 2.24) is 19.9 Å². The maximum Gasteiger partial charge on any atom is 0.269 e. The van der Waals surface area contributed by atoms with Crippen LogP contribution in [0.15, 0.2) is 67.4 Å². The van der Waals surface area contributed by atoms with E-state index in [0.717, 1.165) is 11.6 Å². The van der Waals surface area contributed by atoms with Crippen LogP contribution in [0.1, 0.15) is 10.5 Å². The van der Waals surface area contributed by atoms with Crippen molar-refractivity contribution in [3.63, 3.8) is 0 Å². The molecule has 33 heavy (non-hydrogen) atoms. The van der Waals surface area contributed by atoms with Crippen molar-refractivity contribution in [3.05, 3.63) is 78.9 Å². The number of rotatable bonds is 6. The number of benzene rings is 2. The molecule has 0 unspecified atom stereocenters. The monoisotopic (exact) mass is 444 g/mol. The minimum absolute atomic E-state index is 0.112. The number of hydrogen-bond donors (Lipinski definition) is 3. The van der Waals surface area contributed by atoms with Crippen LogP contribution in [0.5, 0.6) is 0 Å². The fourth-order valence-corrected chi connectivity index (χ4v) is 3.26. The number of halogens is 1. The summed E-state index contributed by atoms with van der Waals surface area (Å²) in [7, 11) is 3.35. The summed E-state index contributed by atoms with van der Waals surface area (Å²) in [5.41, 5.74) is 2.95.